The smallest absolute Gasteiger partial charge is 0.270 e. The molecule has 3 rings (SSSR count). The number of anilines is 1. The van der Waals surface area contributed by atoms with Gasteiger partial charge in [-0.05, 0) is 18.6 Å². The van der Waals surface area contributed by atoms with E-state index in [2.05, 4.69) is 25.5 Å². The molecule has 1 amide bonds. The highest BCUT2D eigenvalue weighted by Gasteiger charge is 2.15. The fraction of sp³-hybridized carbons (Fsp3) is 0.263. The van der Waals surface area contributed by atoms with Gasteiger partial charge in [0.1, 0.15) is 22.4 Å². The fourth-order valence-corrected chi connectivity index (χ4v) is 4.03. The first kappa shape index (κ1) is 21.5. The van der Waals surface area contributed by atoms with E-state index in [4.69, 9.17) is 4.74 Å². The van der Waals surface area contributed by atoms with E-state index in [0.29, 0.717) is 16.4 Å². The summed E-state index contributed by atoms with van der Waals surface area (Å²) in [6.07, 6.45) is 1.76. The summed E-state index contributed by atoms with van der Waals surface area (Å²) in [5.41, 5.74) is 0.132. The average Bonchev–Trinajstić information content (AvgIpc) is 3.19. The second-order valence-corrected chi connectivity index (χ2v) is 8.05. The van der Waals surface area contributed by atoms with E-state index >= 15 is 0 Å². The number of methoxy groups -OCH3 is 1. The number of nitrogens with one attached hydrogen (secondary N) is 2. The number of H-pyrrole nitrogens is 1. The van der Waals surface area contributed by atoms with Crippen molar-refractivity contribution in [2.45, 2.75) is 24.9 Å². The zero-order chi connectivity index (χ0) is 21.5. The highest BCUT2D eigenvalue weighted by Crippen LogP contribution is 2.25. The molecule has 0 atom stereocenters. The third-order valence-electron chi connectivity index (χ3n) is 3.87. The molecule has 0 aliphatic heterocycles. The molecule has 2 heterocycles. The molecule has 9 nitrogen and oxygen atoms in total. The van der Waals surface area contributed by atoms with Gasteiger partial charge >= 0.3 is 0 Å². The van der Waals surface area contributed by atoms with Crippen LogP contribution in [0.3, 0.4) is 0 Å². The Labute approximate surface area is 180 Å². The molecule has 0 unspecified atom stereocenters. The molecule has 0 fully saturated rings. The number of aromatic nitrogens is 4. The van der Waals surface area contributed by atoms with E-state index in [1.807, 2.05) is 13.0 Å². The highest BCUT2D eigenvalue weighted by atomic mass is 32.2. The molecule has 0 spiro atoms. The normalized spacial score (nSPS) is 10.4. The molecule has 0 saturated carbocycles. The van der Waals surface area contributed by atoms with Gasteiger partial charge in [-0.25, -0.2) is 4.98 Å². The number of aromatic amines is 1. The minimum absolute atomic E-state index is 0.00901. The van der Waals surface area contributed by atoms with Crippen LogP contribution in [0, 0.1) is 11.3 Å². The van der Waals surface area contributed by atoms with Gasteiger partial charge in [0.2, 0.25) is 11.0 Å². The molecule has 0 aliphatic rings. The van der Waals surface area contributed by atoms with E-state index in [1.54, 1.807) is 24.3 Å². The van der Waals surface area contributed by atoms with Crippen molar-refractivity contribution in [3.8, 4) is 23.1 Å². The summed E-state index contributed by atoms with van der Waals surface area (Å²) < 4.78 is 5.20. The molecule has 0 bridgehead atoms. The lowest BCUT2D eigenvalue weighted by Gasteiger charge is -2.08. The molecule has 0 aliphatic carbocycles. The minimum Gasteiger partial charge on any atom is -0.497 e. The number of hydrogen-bond acceptors (Lipinski definition) is 9. The van der Waals surface area contributed by atoms with Crippen LogP contribution in [-0.4, -0.2) is 38.9 Å². The van der Waals surface area contributed by atoms with Crippen LogP contribution >= 0.6 is 23.1 Å². The van der Waals surface area contributed by atoms with Crippen LogP contribution in [0.4, 0.5) is 5.13 Å². The topological polar surface area (TPSA) is 134 Å². The van der Waals surface area contributed by atoms with E-state index in [1.165, 1.54) is 18.4 Å². The molecule has 154 valence electrons. The van der Waals surface area contributed by atoms with Crippen LogP contribution in [-0.2, 0) is 11.2 Å². The maximum absolute atomic E-state index is 12.3. The average molecular weight is 443 g/mol. The number of rotatable bonds is 8. The van der Waals surface area contributed by atoms with Gasteiger partial charge in [0.25, 0.3) is 5.56 Å². The van der Waals surface area contributed by atoms with Gasteiger partial charge in [-0.2, -0.15) is 5.26 Å². The van der Waals surface area contributed by atoms with E-state index < -0.39 is 5.56 Å². The van der Waals surface area contributed by atoms with Crippen LogP contribution < -0.4 is 15.6 Å². The van der Waals surface area contributed by atoms with Crippen LogP contribution in [0.2, 0.25) is 0 Å². The van der Waals surface area contributed by atoms with Gasteiger partial charge < -0.3 is 9.72 Å². The Bertz CT molecular complexity index is 1150. The SMILES string of the molecule is CCCc1nnc(NC(=O)CSc2nc(-c3cccc(OC)c3)c(C#N)c(=O)[nH]2)s1. The lowest BCUT2D eigenvalue weighted by atomic mass is 10.1. The van der Waals surface area contributed by atoms with Gasteiger partial charge in [-0.15, -0.1) is 10.2 Å². The Morgan fingerprint density at radius 1 is 1.40 bits per heavy atom. The predicted octanol–water partition coefficient (Wildman–Crippen LogP) is 2.85. The van der Waals surface area contributed by atoms with E-state index in [9.17, 15) is 14.9 Å². The first-order valence-corrected chi connectivity index (χ1v) is 10.8. The highest BCUT2D eigenvalue weighted by molar-refractivity contribution is 7.99. The van der Waals surface area contributed by atoms with Gasteiger partial charge in [0.15, 0.2) is 5.16 Å². The van der Waals surface area contributed by atoms with Crippen molar-refractivity contribution in [3.05, 3.63) is 45.2 Å². The van der Waals surface area contributed by atoms with Gasteiger partial charge in [0, 0.05) is 12.0 Å². The van der Waals surface area contributed by atoms with Crippen molar-refractivity contribution in [1.29, 1.82) is 5.26 Å². The van der Waals surface area contributed by atoms with Crippen molar-refractivity contribution in [3.63, 3.8) is 0 Å². The second-order valence-electron chi connectivity index (χ2n) is 6.03. The number of nitrogens with zero attached hydrogens (tertiary/aromatic N) is 4. The number of ether oxygens (including phenoxy) is 1. The minimum atomic E-state index is -0.568. The number of carbonyl (C=O) groups excluding carboxylic acids is 1. The third kappa shape index (κ3) is 5.22. The third-order valence-corrected chi connectivity index (χ3v) is 5.64. The molecule has 2 aromatic heterocycles. The summed E-state index contributed by atoms with van der Waals surface area (Å²) in [5, 5.41) is 21.5. The van der Waals surface area contributed by atoms with E-state index in [0.717, 1.165) is 29.6 Å². The Kier molecular flexibility index (Phi) is 7.16. The Balaban J connectivity index is 1.76. The molecule has 2 N–H and O–H groups in total. The predicted molar refractivity (Wildman–Crippen MR) is 115 cm³/mol. The summed E-state index contributed by atoms with van der Waals surface area (Å²) in [6.45, 7) is 2.04. The standard InChI is InChI=1S/C19H18N6O3S2/c1-3-5-15-24-25-19(30-15)21-14(26)10-29-18-22-16(13(9-20)17(27)23-18)11-6-4-7-12(8-11)28-2/h4,6-8H,3,5,10H2,1-2H3,(H,21,25,26)(H,22,23,27). The molecule has 3 aromatic rings. The number of aryl methyl sites for hydroxylation is 1. The number of carbonyl (C=O) groups is 1. The summed E-state index contributed by atoms with van der Waals surface area (Å²) in [6, 6.07) is 8.80. The first-order valence-electron chi connectivity index (χ1n) is 8.98. The number of amides is 1. The Hall–Kier alpha value is -3.23. The lowest BCUT2D eigenvalue weighted by molar-refractivity contribution is -0.113. The van der Waals surface area contributed by atoms with Gasteiger partial charge in [0.05, 0.1) is 18.6 Å². The molecule has 1 aromatic carbocycles. The summed E-state index contributed by atoms with van der Waals surface area (Å²) >= 11 is 2.39. The number of nitriles is 1. The Morgan fingerprint density at radius 2 is 2.23 bits per heavy atom. The molecule has 0 saturated heterocycles. The maximum Gasteiger partial charge on any atom is 0.270 e. The molecular weight excluding hydrogens is 424 g/mol. The van der Waals surface area contributed by atoms with Crippen molar-refractivity contribution in [1.82, 2.24) is 20.2 Å². The van der Waals surface area contributed by atoms with Crippen molar-refractivity contribution in [2.24, 2.45) is 0 Å². The molecule has 30 heavy (non-hydrogen) atoms. The number of benzene rings is 1. The van der Waals surface area contributed by atoms with Crippen LogP contribution in [0.15, 0.2) is 34.2 Å². The number of hydrogen-bond donors (Lipinski definition) is 2. The summed E-state index contributed by atoms with van der Waals surface area (Å²) in [5.74, 6) is 0.287. The molecule has 11 heteroatoms. The van der Waals surface area contributed by atoms with E-state index in [-0.39, 0.29) is 28.1 Å². The van der Waals surface area contributed by atoms with Gasteiger partial charge in [-0.3, -0.25) is 14.9 Å². The number of thioether (sulfide) groups is 1. The second kappa shape index (κ2) is 10.00. The zero-order valence-electron chi connectivity index (χ0n) is 16.3. The van der Waals surface area contributed by atoms with Crippen molar-refractivity contribution < 1.29 is 9.53 Å². The van der Waals surface area contributed by atoms with Crippen LogP contribution in [0.5, 0.6) is 5.75 Å². The monoisotopic (exact) mass is 442 g/mol. The van der Waals surface area contributed by atoms with Crippen LogP contribution in [0.1, 0.15) is 23.9 Å². The van der Waals surface area contributed by atoms with Crippen LogP contribution in [0.25, 0.3) is 11.3 Å². The lowest BCUT2D eigenvalue weighted by Crippen LogP contribution is -2.17. The van der Waals surface area contributed by atoms with Gasteiger partial charge in [-0.1, -0.05) is 42.2 Å². The Morgan fingerprint density at radius 3 is 2.97 bits per heavy atom. The first-order chi connectivity index (χ1) is 14.5. The molecule has 0 radical (unpaired) electrons. The quantitative estimate of drug-likeness (QED) is 0.402. The fourth-order valence-electron chi connectivity index (χ4n) is 2.51. The largest absolute Gasteiger partial charge is 0.497 e. The van der Waals surface area contributed by atoms with Crippen molar-refractivity contribution in [2.75, 3.05) is 18.2 Å². The molecular formula is C19H18N6O3S2. The maximum atomic E-state index is 12.3. The summed E-state index contributed by atoms with van der Waals surface area (Å²) in [4.78, 5) is 31.5. The summed E-state index contributed by atoms with van der Waals surface area (Å²) in [7, 11) is 1.53. The van der Waals surface area contributed by atoms with Crippen molar-refractivity contribution >= 4 is 34.1 Å². The zero-order valence-corrected chi connectivity index (χ0v) is 17.9.